The second kappa shape index (κ2) is 9.13. The van der Waals surface area contributed by atoms with Crippen molar-refractivity contribution >= 4 is 54.1 Å². The predicted molar refractivity (Wildman–Crippen MR) is 99.3 cm³/mol. The standard InChI is InChI=1S/C18H13ClF3NO3.Li.H/c1-10(8-11-2-4-12(5-3-11)18(20,21)22)16(24)23-15-9-13(19)6-7-14(15)17(25)26;;/h2-9H,1H3,(H,23,24)(H,25,26);;/b10-8+;;. The molecule has 0 fully saturated rings. The molecule has 0 heterocycles. The Kier molecular flexibility index (Phi) is 7.73. The van der Waals surface area contributed by atoms with E-state index in [1.165, 1.54) is 43.3 Å². The van der Waals surface area contributed by atoms with E-state index < -0.39 is 23.6 Å². The third kappa shape index (κ3) is 6.17. The molecule has 0 atom stereocenters. The molecule has 0 unspecified atom stereocenters. The van der Waals surface area contributed by atoms with Gasteiger partial charge in [0.25, 0.3) is 5.91 Å². The van der Waals surface area contributed by atoms with Crippen LogP contribution in [0.25, 0.3) is 6.08 Å². The maximum absolute atomic E-state index is 12.6. The van der Waals surface area contributed by atoms with Crippen molar-refractivity contribution in [2.75, 3.05) is 5.32 Å². The summed E-state index contributed by atoms with van der Waals surface area (Å²) in [4.78, 5) is 23.4. The summed E-state index contributed by atoms with van der Waals surface area (Å²) in [6, 6.07) is 8.24. The molecule has 27 heavy (non-hydrogen) atoms. The summed E-state index contributed by atoms with van der Waals surface area (Å²) in [7, 11) is 0. The summed E-state index contributed by atoms with van der Waals surface area (Å²) in [5, 5.41) is 11.8. The summed E-state index contributed by atoms with van der Waals surface area (Å²) >= 11 is 5.82. The van der Waals surface area contributed by atoms with Crippen LogP contribution in [0.1, 0.15) is 28.4 Å². The van der Waals surface area contributed by atoms with Gasteiger partial charge in [0.15, 0.2) is 0 Å². The summed E-state index contributed by atoms with van der Waals surface area (Å²) < 4.78 is 37.7. The Morgan fingerprint density at radius 1 is 1.11 bits per heavy atom. The quantitative estimate of drug-likeness (QED) is 0.597. The number of halogens is 4. The number of carboxylic acids is 1. The van der Waals surface area contributed by atoms with Crippen molar-refractivity contribution in [1.82, 2.24) is 0 Å². The summed E-state index contributed by atoms with van der Waals surface area (Å²) in [6.45, 7) is 1.46. The molecule has 0 aliphatic carbocycles. The van der Waals surface area contributed by atoms with Gasteiger partial charge in [0, 0.05) is 10.6 Å². The number of nitrogens with one attached hydrogen (secondary N) is 1. The van der Waals surface area contributed by atoms with Gasteiger partial charge in [0.1, 0.15) is 0 Å². The number of hydrogen-bond donors (Lipinski definition) is 2. The van der Waals surface area contributed by atoms with E-state index in [2.05, 4.69) is 5.32 Å². The molecule has 2 aromatic rings. The fraction of sp³-hybridized carbons (Fsp3) is 0.111. The van der Waals surface area contributed by atoms with Gasteiger partial charge in [0.2, 0.25) is 0 Å². The Morgan fingerprint density at radius 3 is 2.22 bits per heavy atom. The van der Waals surface area contributed by atoms with Crippen molar-refractivity contribution in [1.29, 1.82) is 0 Å². The number of rotatable bonds is 4. The molecule has 2 aromatic carbocycles. The molecule has 0 aromatic heterocycles. The Bertz CT molecular complexity index is 880. The Morgan fingerprint density at radius 2 is 1.70 bits per heavy atom. The van der Waals surface area contributed by atoms with Crippen LogP contribution in [-0.4, -0.2) is 35.8 Å². The minimum atomic E-state index is -4.44. The van der Waals surface area contributed by atoms with Crippen LogP contribution in [-0.2, 0) is 11.0 Å². The molecule has 0 saturated heterocycles. The first-order valence-electron chi connectivity index (χ1n) is 7.27. The Balaban J connectivity index is 0.00000364. The van der Waals surface area contributed by atoms with Gasteiger partial charge in [-0.3, -0.25) is 4.79 Å². The molecule has 0 saturated carbocycles. The summed E-state index contributed by atoms with van der Waals surface area (Å²) in [5.74, 6) is -1.84. The van der Waals surface area contributed by atoms with Crippen molar-refractivity contribution in [2.45, 2.75) is 13.1 Å². The van der Waals surface area contributed by atoms with Crippen molar-refractivity contribution < 1.29 is 27.9 Å². The van der Waals surface area contributed by atoms with E-state index >= 15 is 0 Å². The SMILES string of the molecule is C/C(=C\c1ccc(C(F)(F)F)cc1)C(=O)Nc1cc(Cl)ccc1C(=O)O.[LiH]. The normalized spacial score (nSPS) is 11.5. The first kappa shape index (κ1) is 22.8. The molecule has 9 heteroatoms. The fourth-order valence-electron chi connectivity index (χ4n) is 2.11. The van der Waals surface area contributed by atoms with E-state index in [1.807, 2.05) is 0 Å². The molecule has 0 aliphatic heterocycles. The van der Waals surface area contributed by atoms with E-state index in [0.717, 1.165) is 12.1 Å². The second-order valence-electron chi connectivity index (χ2n) is 5.40. The van der Waals surface area contributed by atoms with Crippen LogP contribution in [0.2, 0.25) is 5.02 Å². The molecule has 1 amide bonds. The molecule has 0 bridgehead atoms. The number of aromatic carboxylic acids is 1. The van der Waals surface area contributed by atoms with Gasteiger partial charge in [-0.15, -0.1) is 0 Å². The molecule has 138 valence electrons. The van der Waals surface area contributed by atoms with Gasteiger partial charge in [-0.25, -0.2) is 4.79 Å². The monoisotopic (exact) mass is 391 g/mol. The third-order valence-electron chi connectivity index (χ3n) is 3.44. The fourth-order valence-corrected chi connectivity index (χ4v) is 2.28. The average molecular weight is 392 g/mol. The van der Waals surface area contributed by atoms with Gasteiger partial charge in [-0.05, 0) is 48.9 Å². The van der Waals surface area contributed by atoms with Crippen LogP contribution in [0.15, 0.2) is 48.0 Å². The van der Waals surface area contributed by atoms with Crippen LogP contribution in [0.4, 0.5) is 18.9 Å². The van der Waals surface area contributed by atoms with E-state index in [1.54, 1.807) is 0 Å². The molecule has 2 rings (SSSR count). The van der Waals surface area contributed by atoms with E-state index in [4.69, 9.17) is 16.7 Å². The minimum absolute atomic E-state index is 0. The number of alkyl halides is 3. The summed E-state index contributed by atoms with van der Waals surface area (Å²) in [5.41, 5.74) is -0.321. The van der Waals surface area contributed by atoms with Gasteiger partial charge < -0.3 is 10.4 Å². The molecular formula is C18H14ClF3LiNO3. The molecular weight excluding hydrogens is 378 g/mol. The van der Waals surface area contributed by atoms with Crippen LogP contribution >= 0.6 is 11.6 Å². The zero-order valence-electron chi connectivity index (χ0n) is 13.4. The summed E-state index contributed by atoms with van der Waals surface area (Å²) in [6.07, 6.45) is -3.05. The van der Waals surface area contributed by atoms with Crippen LogP contribution in [0.3, 0.4) is 0 Å². The van der Waals surface area contributed by atoms with Gasteiger partial charge in [0.05, 0.1) is 16.8 Å². The maximum atomic E-state index is 12.6. The van der Waals surface area contributed by atoms with E-state index in [9.17, 15) is 22.8 Å². The Hall–Kier alpha value is -2.20. The molecule has 0 spiro atoms. The number of carbonyl (C=O) groups is 2. The van der Waals surface area contributed by atoms with Crippen molar-refractivity contribution in [2.24, 2.45) is 0 Å². The van der Waals surface area contributed by atoms with Crippen molar-refractivity contribution in [3.63, 3.8) is 0 Å². The average Bonchev–Trinajstić information content (AvgIpc) is 2.54. The first-order valence-corrected chi connectivity index (χ1v) is 7.65. The van der Waals surface area contributed by atoms with Crippen LogP contribution in [0.5, 0.6) is 0 Å². The molecule has 4 nitrogen and oxygen atoms in total. The topological polar surface area (TPSA) is 66.4 Å². The number of carbonyl (C=O) groups excluding carboxylic acids is 1. The number of amides is 1. The number of hydrogen-bond acceptors (Lipinski definition) is 2. The van der Waals surface area contributed by atoms with Gasteiger partial charge in [-0.2, -0.15) is 13.2 Å². The molecule has 0 aliphatic rings. The van der Waals surface area contributed by atoms with Crippen molar-refractivity contribution in [3.05, 3.63) is 69.8 Å². The zero-order chi connectivity index (χ0) is 19.5. The second-order valence-corrected chi connectivity index (χ2v) is 5.83. The van der Waals surface area contributed by atoms with Crippen molar-refractivity contribution in [3.8, 4) is 0 Å². The van der Waals surface area contributed by atoms with E-state index in [-0.39, 0.29) is 40.7 Å². The zero-order valence-corrected chi connectivity index (χ0v) is 14.2. The van der Waals surface area contributed by atoms with Gasteiger partial charge in [-0.1, -0.05) is 23.7 Å². The predicted octanol–water partition coefficient (Wildman–Crippen LogP) is 4.45. The number of carboxylic acid groups (broad SMARTS) is 1. The number of benzene rings is 2. The van der Waals surface area contributed by atoms with Crippen LogP contribution in [0, 0.1) is 0 Å². The molecule has 2 N–H and O–H groups in total. The van der Waals surface area contributed by atoms with Crippen LogP contribution < -0.4 is 5.32 Å². The third-order valence-corrected chi connectivity index (χ3v) is 3.67. The molecule has 0 radical (unpaired) electrons. The Labute approximate surface area is 170 Å². The first-order chi connectivity index (χ1) is 12.1. The van der Waals surface area contributed by atoms with Gasteiger partial charge >= 0.3 is 31.0 Å². The number of anilines is 1. The van der Waals surface area contributed by atoms with E-state index in [0.29, 0.717) is 5.56 Å².